The van der Waals surface area contributed by atoms with E-state index in [0.29, 0.717) is 16.7 Å². The lowest BCUT2D eigenvalue weighted by Gasteiger charge is -2.18. The zero-order valence-corrected chi connectivity index (χ0v) is 15.4. The number of hydrogen-bond donors (Lipinski definition) is 1. The Morgan fingerprint density at radius 2 is 1.93 bits per heavy atom. The molecular formula is C21H21NO5. The molecule has 0 aliphatic carbocycles. The van der Waals surface area contributed by atoms with E-state index in [4.69, 9.17) is 13.9 Å². The van der Waals surface area contributed by atoms with Crippen molar-refractivity contribution in [3.05, 3.63) is 75.6 Å². The van der Waals surface area contributed by atoms with Crippen molar-refractivity contribution in [2.45, 2.75) is 13.0 Å². The third kappa shape index (κ3) is 3.85. The quantitative estimate of drug-likeness (QED) is 0.677. The van der Waals surface area contributed by atoms with Crippen LogP contribution >= 0.6 is 0 Å². The van der Waals surface area contributed by atoms with Crippen molar-refractivity contribution in [1.82, 2.24) is 5.32 Å². The Hall–Kier alpha value is -3.12. The molecule has 6 heteroatoms. The molecule has 1 amide bonds. The average molecular weight is 367 g/mol. The van der Waals surface area contributed by atoms with E-state index in [0.717, 1.165) is 11.1 Å². The first-order valence-corrected chi connectivity index (χ1v) is 8.52. The van der Waals surface area contributed by atoms with E-state index in [1.54, 1.807) is 25.3 Å². The Balaban J connectivity index is 1.83. The second kappa shape index (κ2) is 8.05. The molecule has 0 aliphatic rings. The lowest BCUT2D eigenvalue weighted by atomic mass is 10.0. The number of aryl methyl sites for hydroxylation is 1. The van der Waals surface area contributed by atoms with Crippen molar-refractivity contribution in [2.75, 3.05) is 20.8 Å². The maximum Gasteiger partial charge on any atom is 0.349 e. The fourth-order valence-electron chi connectivity index (χ4n) is 2.99. The average Bonchev–Trinajstić information content (AvgIpc) is 2.68. The molecule has 1 heterocycles. The standard InChI is InChI=1S/C21H21NO5/c1-13-7-4-5-9-15(13)18(26-3)12-22-20(23)16-11-14-8-6-10-17(25-2)19(14)27-21(16)24/h4-11,18H,12H2,1-3H3,(H,22,23). The molecule has 0 aliphatic heterocycles. The van der Waals surface area contributed by atoms with Gasteiger partial charge in [0.2, 0.25) is 0 Å². The summed E-state index contributed by atoms with van der Waals surface area (Å²) < 4.78 is 16.0. The number of carbonyl (C=O) groups is 1. The van der Waals surface area contributed by atoms with Crippen LogP contribution in [0.1, 0.15) is 27.6 Å². The van der Waals surface area contributed by atoms with Gasteiger partial charge in [-0.15, -0.1) is 0 Å². The first-order valence-electron chi connectivity index (χ1n) is 8.52. The zero-order chi connectivity index (χ0) is 19.4. The highest BCUT2D eigenvalue weighted by molar-refractivity contribution is 5.97. The number of benzene rings is 2. The third-order valence-corrected chi connectivity index (χ3v) is 4.46. The van der Waals surface area contributed by atoms with Gasteiger partial charge < -0.3 is 19.2 Å². The molecule has 0 radical (unpaired) electrons. The van der Waals surface area contributed by atoms with Gasteiger partial charge in [-0.25, -0.2) is 4.79 Å². The molecule has 140 valence electrons. The number of ether oxygens (including phenoxy) is 2. The molecule has 1 aromatic heterocycles. The predicted octanol–water partition coefficient (Wildman–Crippen LogP) is 3.23. The molecule has 6 nitrogen and oxygen atoms in total. The molecule has 3 aromatic rings. The van der Waals surface area contributed by atoms with Crippen molar-refractivity contribution in [3.63, 3.8) is 0 Å². The highest BCUT2D eigenvalue weighted by Gasteiger charge is 2.18. The number of hydrogen-bond acceptors (Lipinski definition) is 5. The highest BCUT2D eigenvalue weighted by Crippen LogP contribution is 2.24. The summed E-state index contributed by atoms with van der Waals surface area (Å²) in [4.78, 5) is 24.8. The van der Waals surface area contributed by atoms with Crippen LogP contribution in [0.2, 0.25) is 0 Å². The summed E-state index contributed by atoms with van der Waals surface area (Å²) in [6, 6.07) is 14.5. The molecule has 1 unspecified atom stereocenters. The minimum Gasteiger partial charge on any atom is -0.493 e. The van der Waals surface area contributed by atoms with Gasteiger partial charge in [-0.05, 0) is 30.2 Å². The second-order valence-electron chi connectivity index (χ2n) is 6.12. The molecule has 2 aromatic carbocycles. The minimum absolute atomic E-state index is 0.0598. The Kier molecular flexibility index (Phi) is 5.57. The Morgan fingerprint density at radius 1 is 1.15 bits per heavy atom. The van der Waals surface area contributed by atoms with Crippen molar-refractivity contribution in [1.29, 1.82) is 0 Å². The third-order valence-electron chi connectivity index (χ3n) is 4.46. The van der Waals surface area contributed by atoms with Crippen LogP contribution in [0.15, 0.2) is 57.7 Å². The number of amides is 1. The summed E-state index contributed by atoms with van der Waals surface area (Å²) >= 11 is 0. The van der Waals surface area contributed by atoms with Crippen molar-refractivity contribution < 1.29 is 18.7 Å². The van der Waals surface area contributed by atoms with Gasteiger partial charge in [-0.2, -0.15) is 0 Å². The first kappa shape index (κ1) is 18.7. The smallest absolute Gasteiger partial charge is 0.349 e. The molecule has 0 spiro atoms. The topological polar surface area (TPSA) is 77.8 Å². The molecule has 0 fully saturated rings. The Morgan fingerprint density at radius 3 is 2.63 bits per heavy atom. The minimum atomic E-state index is -0.714. The fraction of sp³-hybridized carbons (Fsp3) is 0.238. The Bertz CT molecular complexity index is 1020. The SMILES string of the molecule is COc1cccc2cc(C(=O)NCC(OC)c3ccccc3C)c(=O)oc12. The number of methoxy groups -OCH3 is 2. The van der Waals surface area contributed by atoms with Crippen LogP contribution in [-0.2, 0) is 4.74 Å². The van der Waals surface area contributed by atoms with E-state index in [1.165, 1.54) is 13.2 Å². The molecule has 3 rings (SSSR count). The van der Waals surface area contributed by atoms with Crippen LogP contribution in [0.4, 0.5) is 0 Å². The van der Waals surface area contributed by atoms with E-state index >= 15 is 0 Å². The number of para-hydroxylation sites is 1. The van der Waals surface area contributed by atoms with Crippen LogP contribution in [0, 0.1) is 6.92 Å². The first-order chi connectivity index (χ1) is 13.0. The summed E-state index contributed by atoms with van der Waals surface area (Å²) in [5.41, 5.74) is 1.59. The van der Waals surface area contributed by atoms with Crippen molar-refractivity contribution >= 4 is 16.9 Å². The zero-order valence-electron chi connectivity index (χ0n) is 15.4. The van der Waals surface area contributed by atoms with E-state index in [2.05, 4.69) is 5.32 Å². The summed E-state index contributed by atoms with van der Waals surface area (Å²) in [7, 11) is 3.08. The predicted molar refractivity (Wildman–Crippen MR) is 102 cm³/mol. The highest BCUT2D eigenvalue weighted by atomic mass is 16.5. The van der Waals surface area contributed by atoms with E-state index in [-0.39, 0.29) is 18.2 Å². The van der Waals surface area contributed by atoms with Gasteiger partial charge in [-0.1, -0.05) is 36.4 Å². The number of carbonyl (C=O) groups excluding carboxylic acids is 1. The molecule has 1 N–H and O–H groups in total. The van der Waals surface area contributed by atoms with Crippen molar-refractivity contribution in [2.24, 2.45) is 0 Å². The molecule has 1 atom stereocenters. The van der Waals surface area contributed by atoms with E-state index in [9.17, 15) is 9.59 Å². The van der Waals surface area contributed by atoms with Gasteiger partial charge >= 0.3 is 5.63 Å². The monoisotopic (exact) mass is 367 g/mol. The summed E-state index contributed by atoms with van der Waals surface area (Å²) in [6.07, 6.45) is -0.317. The maximum absolute atomic E-state index is 12.5. The maximum atomic E-state index is 12.5. The number of fused-ring (bicyclic) bond motifs is 1. The van der Waals surface area contributed by atoms with Gasteiger partial charge in [0.25, 0.3) is 5.91 Å². The van der Waals surface area contributed by atoms with Crippen molar-refractivity contribution in [3.8, 4) is 5.75 Å². The van der Waals surface area contributed by atoms with Gasteiger partial charge in [0.15, 0.2) is 11.3 Å². The summed E-state index contributed by atoms with van der Waals surface area (Å²) in [5.74, 6) is -0.0698. The normalized spacial score (nSPS) is 12.0. The van der Waals surface area contributed by atoms with Crippen LogP contribution < -0.4 is 15.7 Å². The molecule has 27 heavy (non-hydrogen) atoms. The van der Waals surface area contributed by atoms with Gasteiger partial charge in [0, 0.05) is 19.0 Å². The molecule has 0 bridgehead atoms. The van der Waals surface area contributed by atoms with Crippen LogP contribution in [0.5, 0.6) is 5.75 Å². The van der Waals surface area contributed by atoms with Crippen LogP contribution in [-0.4, -0.2) is 26.7 Å². The van der Waals surface area contributed by atoms with Crippen LogP contribution in [0.25, 0.3) is 11.0 Å². The summed E-state index contributed by atoms with van der Waals surface area (Å²) in [6.45, 7) is 2.21. The fourth-order valence-corrected chi connectivity index (χ4v) is 2.99. The largest absolute Gasteiger partial charge is 0.493 e. The molecule has 0 saturated heterocycles. The van der Waals surface area contributed by atoms with E-state index < -0.39 is 11.5 Å². The Labute approximate surface area is 156 Å². The van der Waals surface area contributed by atoms with Gasteiger partial charge in [-0.3, -0.25) is 4.79 Å². The van der Waals surface area contributed by atoms with Gasteiger partial charge in [0.05, 0.1) is 13.2 Å². The summed E-state index contributed by atoms with van der Waals surface area (Å²) in [5, 5.41) is 3.37. The number of rotatable bonds is 6. The lowest BCUT2D eigenvalue weighted by molar-refractivity contribution is 0.0823. The molecular weight excluding hydrogens is 346 g/mol. The molecule has 0 saturated carbocycles. The second-order valence-corrected chi connectivity index (χ2v) is 6.12. The number of nitrogens with one attached hydrogen (secondary N) is 1. The van der Waals surface area contributed by atoms with E-state index in [1.807, 2.05) is 31.2 Å². The van der Waals surface area contributed by atoms with Gasteiger partial charge in [0.1, 0.15) is 5.56 Å². The lowest BCUT2D eigenvalue weighted by Crippen LogP contribution is -2.32. The van der Waals surface area contributed by atoms with Crippen LogP contribution in [0.3, 0.4) is 0 Å².